The van der Waals surface area contributed by atoms with Gasteiger partial charge in [0.05, 0.1) is 18.7 Å². The number of hydrogen-bond acceptors (Lipinski definition) is 4. The van der Waals surface area contributed by atoms with Crippen LogP contribution in [-0.4, -0.2) is 41.0 Å². The summed E-state index contributed by atoms with van der Waals surface area (Å²) >= 11 is 0. The van der Waals surface area contributed by atoms with Gasteiger partial charge in [-0.15, -0.1) is 0 Å². The van der Waals surface area contributed by atoms with Gasteiger partial charge in [0, 0.05) is 12.7 Å². The van der Waals surface area contributed by atoms with Gasteiger partial charge in [-0.25, -0.2) is 4.79 Å². The van der Waals surface area contributed by atoms with Crippen molar-refractivity contribution in [3.63, 3.8) is 0 Å². The Balaban J connectivity index is 2.05. The average Bonchev–Trinajstić information content (AvgIpc) is 2.91. The second-order valence-electron chi connectivity index (χ2n) is 4.94. The molecule has 0 aliphatic carbocycles. The molecule has 0 radical (unpaired) electrons. The molecule has 20 heavy (non-hydrogen) atoms. The van der Waals surface area contributed by atoms with Gasteiger partial charge in [-0.1, -0.05) is 6.07 Å². The van der Waals surface area contributed by atoms with Crippen LogP contribution < -0.4 is 0 Å². The molecule has 1 aromatic heterocycles. The minimum Gasteiger partial charge on any atom is -0.464 e. The van der Waals surface area contributed by atoms with Gasteiger partial charge in [0.15, 0.2) is 0 Å². The third kappa shape index (κ3) is 3.15. The van der Waals surface area contributed by atoms with Gasteiger partial charge in [-0.2, -0.15) is 0 Å². The first kappa shape index (κ1) is 14.5. The molecular weight excluding hydrogens is 256 g/mol. The molecule has 5 heteroatoms. The van der Waals surface area contributed by atoms with Crippen LogP contribution in [0.15, 0.2) is 18.3 Å². The van der Waals surface area contributed by atoms with Gasteiger partial charge in [0.25, 0.3) is 0 Å². The molecule has 1 aromatic rings. The lowest BCUT2D eigenvalue weighted by Gasteiger charge is -2.23. The lowest BCUT2D eigenvalue weighted by molar-refractivity contribution is -0.152. The number of esters is 1. The van der Waals surface area contributed by atoms with E-state index in [-0.39, 0.29) is 18.3 Å². The molecular formula is C15H20N2O3. The molecule has 2 heterocycles. The van der Waals surface area contributed by atoms with Crippen molar-refractivity contribution >= 4 is 11.9 Å². The highest BCUT2D eigenvalue weighted by atomic mass is 16.5. The van der Waals surface area contributed by atoms with E-state index in [9.17, 15) is 9.59 Å². The van der Waals surface area contributed by atoms with Gasteiger partial charge in [-0.3, -0.25) is 9.78 Å². The molecule has 1 atom stereocenters. The number of carbonyl (C=O) groups excluding carboxylic acids is 2. The smallest absolute Gasteiger partial charge is 0.328 e. The Morgan fingerprint density at radius 3 is 3.00 bits per heavy atom. The minimum absolute atomic E-state index is 0.0534. The molecule has 1 fully saturated rings. The van der Waals surface area contributed by atoms with Gasteiger partial charge < -0.3 is 9.64 Å². The number of pyridine rings is 1. The van der Waals surface area contributed by atoms with Crippen LogP contribution in [0.1, 0.15) is 31.0 Å². The molecule has 1 saturated heterocycles. The van der Waals surface area contributed by atoms with Crippen molar-refractivity contribution in [3.05, 3.63) is 29.6 Å². The predicted molar refractivity (Wildman–Crippen MR) is 74.0 cm³/mol. The standard InChI is InChI=1S/C15H20N2O3/c1-3-20-15(19)13-7-5-9-17(13)14(18)10-12-11(2)6-4-8-16-12/h4,6,8,13H,3,5,7,9-10H2,1-2H3. The van der Waals surface area contributed by atoms with Crippen LogP contribution >= 0.6 is 0 Å². The normalized spacial score (nSPS) is 18.1. The lowest BCUT2D eigenvalue weighted by atomic mass is 10.1. The van der Waals surface area contributed by atoms with Crippen LogP contribution in [0.25, 0.3) is 0 Å². The van der Waals surface area contributed by atoms with Crippen LogP contribution in [0.4, 0.5) is 0 Å². The topological polar surface area (TPSA) is 59.5 Å². The lowest BCUT2D eigenvalue weighted by Crippen LogP contribution is -2.42. The van der Waals surface area contributed by atoms with Crippen LogP contribution in [0.5, 0.6) is 0 Å². The van der Waals surface area contributed by atoms with Crippen LogP contribution in [0.3, 0.4) is 0 Å². The molecule has 0 spiro atoms. The van der Waals surface area contributed by atoms with E-state index in [0.29, 0.717) is 19.6 Å². The summed E-state index contributed by atoms with van der Waals surface area (Å²) < 4.78 is 5.03. The first-order chi connectivity index (χ1) is 9.63. The van der Waals surface area contributed by atoms with Crippen LogP contribution in [0, 0.1) is 6.92 Å². The van der Waals surface area contributed by atoms with E-state index in [1.807, 2.05) is 19.1 Å². The fraction of sp³-hybridized carbons (Fsp3) is 0.533. The van der Waals surface area contributed by atoms with Crippen molar-refractivity contribution < 1.29 is 14.3 Å². The van der Waals surface area contributed by atoms with E-state index in [4.69, 9.17) is 4.74 Å². The van der Waals surface area contributed by atoms with E-state index in [1.165, 1.54) is 0 Å². The summed E-state index contributed by atoms with van der Waals surface area (Å²) in [6.45, 7) is 4.67. The van der Waals surface area contributed by atoms with Crippen LogP contribution in [0.2, 0.25) is 0 Å². The third-order valence-electron chi connectivity index (χ3n) is 3.57. The number of aromatic nitrogens is 1. The highest BCUT2D eigenvalue weighted by molar-refractivity contribution is 5.86. The zero-order chi connectivity index (χ0) is 14.5. The molecule has 1 aliphatic rings. The van der Waals surface area contributed by atoms with Gasteiger partial charge in [-0.05, 0) is 38.3 Å². The molecule has 5 nitrogen and oxygen atoms in total. The summed E-state index contributed by atoms with van der Waals surface area (Å²) in [6, 6.07) is 3.36. The molecule has 0 N–H and O–H groups in total. The van der Waals surface area contributed by atoms with Gasteiger partial charge >= 0.3 is 5.97 Å². The molecule has 1 amide bonds. The monoisotopic (exact) mass is 276 g/mol. The number of aryl methyl sites for hydroxylation is 1. The Hall–Kier alpha value is -1.91. The fourth-order valence-electron chi connectivity index (χ4n) is 2.50. The molecule has 0 aromatic carbocycles. The summed E-state index contributed by atoms with van der Waals surface area (Å²) in [5.74, 6) is -0.349. The van der Waals surface area contributed by atoms with Gasteiger partial charge in [0.1, 0.15) is 6.04 Å². The van der Waals surface area contributed by atoms with E-state index < -0.39 is 6.04 Å². The van der Waals surface area contributed by atoms with Gasteiger partial charge in [0.2, 0.25) is 5.91 Å². The maximum Gasteiger partial charge on any atom is 0.328 e. The zero-order valence-electron chi connectivity index (χ0n) is 12.0. The quantitative estimate of drug-likeness (QED) is 0.782. The summed E-state index contributed by atoms with van der Waals surface area (Å²) in [5.41, 5.74) is 1.76. The van der Waals surface area contributed by atoms with E-state index in [1.54, 1.807) is 18.0 Å². The number of carbonyl (C=O) groups is 2. The Morgan fingerprint density at radius 1 is 1.50 bits per heavy atom. The van der Waals surface area contributed by atoms with E-state index in [2.05, 4.69) is 4.98 Å². The number of hydrogen-bond donors (Lipinski definition) is 0. The van der Waals surface area contributed by atoms with Crippen molar-refractivity contribution in [2.24, 2.45) is 0 Å². The van der Waals surface area contributed by atoms with Crippen molar-refractivity contribution in [1.29, 1.82) is 0 Å². The van der Waals surface area contributed by atoms with Crippen molar-refractivity contribution in [1.82, 2.24) is 9.88 Å². The summed E-state index contributed by atoms with van der Waals surface area (Å²) in [7, 11) is 0. The number of likely N-dealkylation sites (tertiary alicyclic amines) is 1. The highest BCUT2D eigenvalue weighted by Gasteiger charge is 2.35. The Bertz CT molecular complexity index is 502. The number of amides is 1. The zero-order valence-corrected chi connectivity index (χ0v) is 12.0. The molecule has 2 rings (SSSR count). The fourth-order valence-corrected chi connectivity index (χ4v) is 2.50. The van der Waals surface area contributed by atoms with Crippen LogP contribution in [-0.2, 0) is 20.7 Å². The molecule has 0 bridgehead atoms. The van der Waals surface area contributed by atoms with Crippen molar-refractivity contribution in [2.75, 3.05) is 13.2 Å². The largest absolute Gasteiger partial charge is 0.464 e. The number of ether oxygens (including phenoxy) is 1. The molecule has 1 unspecified atom stereocenters. The first-order valence-corrected chi connectivity index (χ1v) is 7.00. The molecule has 1 aliphatic heterocycles. The summed E-state index contributed by atoms with van der Waals surface area (Å²) in [6.07, 6.45) is 3.45. The average molecular weight is 276 g/mol. The maximum absolute atomic E-state index is 12.4. The van der Waals surface area contributed by atoms with E-state index >= 15 is 0 Å². The number of rotatable bonds is 4. The van der Waals surface area contributed by atoms with Crippen molar-refractivity contribution in [2.45, 2.75) is 39.2 Å². The van der Waals surface area contributed by atoms with E-state index in [0.717, 1.165) is 17.7 Å². The second-order valence-corrected chi connectivity index (χ2v) is 4.94. The maximum atomic E-state index is 12.4. The molecule has 0 saturated carbocycles. The number of nitrogens with zero attached hydrogens (tertiary/aromatic N) is 2. The van der Waals surface area contributed by atoms with Crippen molar-refractivity contribution in [3.8, 4) is 0 Å². The first-order valence-electron chi connectivity index (χ1n) is 7.00. The summed E-state index contributed by atoms with van der Waals surface area (Å²) in [4.78, 5) is 30.1. The highest BCUT2D eigenvalue weighted by Crippen LogP contribution is 2.20. The second kappa shape index (κ2) is 6.50. The minimum atomic E-state index is -0.425. The predicted octanol–water partition coefficient (Wildman–Crippen LogP) is 1.49. The third-order valence-corrected chi connectivity index (χ3v) is 3.57. The Morgan fingerprint density at radius 2 is 2.30 bits per heavy atom. The summed E-state index contributed by atoms with van der Waals surface area (Å²) in [5, 5.41) is 0. The molecule has 108 valence electrons. The Kier molecular flexibility index (Phi) is 4.71. The SMILES string of the molecule is CCOC(=O)C1CCCN1C(=O)Cc1ncccc1C. The Labute approximate surface area is 118 Å².